The van der Waals surface area contributed by atoms with Crippen molar-refractivity contribution >= 4 is 15.9 Å². The van der Waals surface area contributed by atoms with Gasteiger partial charge in [0.05, 0.1) is 5.75 Å². The zero-order valence-electron chi connectivity index (χ0n) is 18.1. The Hall–Kier alpha value is -0.620. The van der Waals surface area contributed by atoms with Crippen LogP contribution in [0.5, 0.6) is 0 Å². The number of rotatable bonds is 17. The molecule has 166 valence electrons. The number of hydrogen-bond acceptors (Lipinski definition) is 3. The summed E-state index contributed by atoms with van der Waals surface area (Å²) >= 11 is 0. The molecule has 1 amide bonds. The maximum atomic E-state index is 12.2. The maximum Gasteiger partial charge on any atom is 0.221 e. The Kier molecular flexibility index (Phi) is 14.7. The van der Waals surface area contributed by atoms with Gasteiger partial charge in [0, 0.05) is 19.0 Å². The molecule has 1 saturated heterocycles. The van der Waals surface area contributed by atoms with Gasteiger partial charge in [0.1, 0.15) is 0 Å². The number of carbonyl (C=O) groups excluding carboxylic acids is 1. The third-order valence-electron chi connectivity index (χ3n) is 5.60. The molecule has 1 aliphatic rings. The minimum Gasteiger partial charge on any atom is -0.356 e. The number of carbonyl (C=O) groups is 1. The fourth-order valence-electron chi connectivity index (χ4n) is 3.87. The number of hydrogen-bond donors (Lipinski definition) is 2. The molecule has 0 aliphatic carbocycles. The molecule has 0 bridgehead atoms. The van der Waals surface area contributed by atoms with Crippen LogP contribution in [0.15, 0.2) is 0 Å². The van der Waals surface area contributed by atoms with Crippen LogP contribution in [-0.2, 0) is 14.8 Å². The van der Waals surface area contributed by atoms with Gasteiger partial charge in [0.2, 0.25) is 15.9 Å². The van der Waals surface area contributed by atoms with Crippen molar-refractivity contribution in [3.8, 4) is 0 Å². The highest BCUT2D eigenvalue weighted by molar-refractivity contribution is 7.89. The molecule has 1 heterocycles. The summed E-state index contributed by atoms with van der Waals surface area (Å²) in [6, 6.07) is -0.237. The lowest BCUT2D eigenvalue weighted by Crippen LogP contribution is -2.38. The molecule has 2 N–H and O–H groups in total. The predicted molar refractivity (Wildman–Crippen MR) is 118 cm³/mol. The summed E-state index contributed by atoms with van der Waals surface area (Å²) in [7, 11) is -3.27. The second kappa shape index (κ2) is 16.2. The molecule has 1 aliphatic heterocycles. The largest absolute Gasteiger partial charge is 0.356 e. The van der Waals surface area contributed by atoms with Gasteiger partial charge in [-0.15, -0.1) is 0 Å². The molecule has 0 spiro atoms. The standard InChI is InChI=1S/C22H44N2O3S/c1-2-3-4-5-6-7-8-9-10-11-12-13-14-15-19-28(26,27)24-21-17-16-18-23-22(25)20-21/h21,24H,2-20H2,1H3,(H,23,25). The van der Waals surface area contributed by atoms with Crippen LogP contribution in [0.4, 0.5) is 0 Å². The van der Waals surface area contributed by atoms with Crippen molar-refractivity contribution in [1.82, 2.24) is 10.0 Å². The smallest absolute Gasteiger partial charge is 0.221 e. The van der Waals surface area contributed by atoms with Gasteiger partial charge >= 0.3 is 0 Å². The van der Waals surface area contributed by atoms with E-state index in [1.54, 1.807) is 0 Å². The predicted octanol–water partition coefficient (Wildman–Crippen LogP) is 5.06. The van der Waals surface area contributed by atoms with E-state index in [1.807, 2.05) is 0 Å². The van der Waals surface area contributed by atoms with Crippen LogP contribution < -0.4 is 10.0 Å². The van der Waals surface area contributed by atoms with Crippen molar-refractivity contribution in [1.29, 1.82) is 0 Å². The minimum absolute atomic E-state index is 0.0540. The van der Waals surface area contributed by atoms with Gasteiger partial charge in [-0.05, 0) is 19.3 Å². The van der Waals surface area contributed by atoms with Crippen molar-refractivity contribution in [2.24, 2.45) is 0 Å². The van der Waals surface area contributed by atoms with Crippen molar-refractivity contribution in [2.45, 2.75) is 122 Å². The zero-order valence-corrected chi connectivity index (χ0v) is 19.0. The molecule has 1 atom stereocenters. The van der Waals surface area contributed by atoms with Crippen LogP contribution in [-0.4, -0.2) is 32.7 Å². The highest BCUT2D eigenvalue weighted by atomic mass is 32.2. The van der Waals surface area contributed by atoms with E-state index in [0.29, 0.717) is 13.0 Å². The normalized spacial score (nSPS) is 18.0. The van der Waals surface area contributed by atoms with Crippen LogP contribution in [0.1, 0.15) is 116 Å². The molecule has 28 heavy (non-hydrogen) atoms. The maximum absolute atomic E-state index is 12.2. The lowest BCUT2D eigenvalue weighted by atomic mass is 10.0. The molecule has 0 aromatic carbocycles. The fraction of sp³-hybridized carbons (Fsp3) is 0.955. The summed E-state index contributed by atoms with van der Waals surface area (Å²) < 4.78 is 27.1. The Morgan fingerprint density at radius 1 is 0.857 bits per heavy atom. The van der Waals surface area contributed by atoms with Gasteiger partial charge in [-0.3, -0.25) is 4.79 Å². The summed E-state index contributed by atoms with van der Waals surface area (Å²) in [5.41, 5.74) is 0. The van der Waals surface area contributed by atoms with E-state index in [0.717, 1.165) is 25.7 Å². The van der Waals surface area contributed by atoms with Gasteiger partial charge in [-0.1, -0.05) is 90.4 Å². The third-order valence-corrected chi connectivity index (χ3v) is 7.11. The van der Waals surface area contributed by atoms with Crippen LogP contribution in [0, 0.1) is 0 Å². The summed E-state index contributed by atoms with van der Waals surface area (Å²) in [6.07, 6.45) is 19.5. The van der Waals surface area contributed by atoms with E-state index in [1.165, 1.54) is 70.6 Å². The third kappa shape index (κ3) is 14.4. The lowest BCUT2D eigenvalue weighted by molar-refractivity contribution is -0.121. The molecule has 1 rings (SSSR count). The van der Waals surface area contributed by atoms with E-state index in [4.69, 9.17) is 0 Å². The van der Waals surface area contributed by atoms with E-state index in [2.05, 4.69) is 17.0 Å². The highest BCUT2D eigenvalue weighted by Gasteiger charge is 2.22. The zero-order chi connectivity index (χ0) is 20.5. The Bertz CT molecular complexity index is 494. The summed E-state index contributed by atoms with van der Waals surface area (Å²) in [4.78, 5) is 11.5. The average Bonchev–Trinajstić information content (AvgIpc) is 2.85. The molecule has 1 fully saturated rings. The summed E-state index contributed by atoms with van der Waals surface area (Å²) in [5.74, 6) is 0.130. The van der Waals surface area contributed by atoms with Crippen LogP contribution in [0.3, 0.4) is 0 Å². The van der Waals surface area contributed by atoms with Crippen molar-refractivity contribution < 1.29 is 13.2 Å². The Morgan fingerprint density at radius 3 is 1.89 bits per heavy atom. The highest BCUT2D eigenvalue weighted by Crippen LogP contribution is 2.13. The van der Waals surface area contributed by atoms with E-state index >= 15 is 0 Å². The number of nitrogens with one attached hydrogen (secondary N) is 2. The molecule has 6 heteroatoms. The second-order valence-corrected chi connectivity index (χ2v) is 10.3. The molecule has 5 nitrogen and oxygen atoms in total. The number of amides is 1. The van der Waals surface area contributed by atoms with E-state index in [9.17, 15) is 13.2 Å². The minimum atomic E-state index is -3.27. The van der Waals surface area contributed by atoms with Crippen LogP contribution in [0.25, 0.3) is 0 Å². The number of unbranched alkanes of at least 4 members (excludes halogenated alkanes) is 13. The molecule has 0 radical (unpaired) electrons. The molecule has 0 aromatic rings. The first kappa shape index (κ1) is 25.4. The van der Waals surface area contributed by atoms with Crippen LogP contribution in [0.2, 0.25) is 0 Å². The van der Waals surface area contributed by atoms with Crippen molar-refractivity contribution in [3.05, 3.63) is 0 Å². The van der Waals surface area contributed by atoms with Crippen LogP contribution >= 0.6 is 0 Å². The van der Waals surface area contributed by atoms with Gasteiger partial charge in [0.25, 0.3) is 0 Å². The fourth-order valence-corrected chi connectivity index (χ4v) is 5.29. The first-order chi connectivity index (χ1) is 13.5. The van der Waals surface area contributed by atoms with Gasteiger partial charge < -0.3 is 5.32 Å². The van der Waals surface area contributed by atoms with Crippen molar-refractivity contribution in [2.75, 3.05) is 12.3 Å². The molecule has 0 saturated carbocycles. The van der Waals surface area contributed by atoms with Crippen molar-refractivity contribution in [3.63, 3.8) is 0 Å². The Labute approximate surface area is 173 Å². The molecule has 0 aromatic heterocycles. The number of sulfonamides is 1. The molecule has 1 unspecified atom stereocenters. The Balaban J connectivity index is 1.92. The summed E-state index contributed by atoms with van der Waals surface area (Å²) in [6.45, 7) is 2.91. The topological polar surface area (TPSA) is 75.3 Å². The average molecular weight is 417 g/mol. The first-order valence-electron chi connectivity index (χ1n) is 11.8. The van der Waals surface area contributed by atoms with Gasteiger partial charge in [-0.25, -0.2) is 13.1 Å². The first-order valence-corrected chi connectivity index (χ1v) is 13.5. The summed E-state index contributed by atoms with van der Waals surface area (Å²) in [5, 5.41) is 2.78. The second-order valence-electron chi connectivity index (χ2n) is 8.43. The molecular weight excluding hydrogens is 372 g/mol. The quantitative estimate of drug-likeness (QED) is 0.326. The Morgan fingerprint density at radius 2 is 1.36 bits per heavy atom. The van der Waals surface area contributed by atoms with Gasteiger partial charge in [0.15, 0.2) is 0 Å². The van der Waals surface area contributed by atoms with E-state index in [-0.39, 0.29) is 24.1 Å². The lowest BCUT2D eigenvalue weighted by Gasteiger charge is -2.15. The SMILES string of the molecule is CCCCCCCCCCCCCCCCS(=O)(=O)NC1CCCNC(=O)C1. The van der Waals surface area contributed by atoms with Gasteiger partial charge in [-0.2, -0.15) is 0 Å². The van der Waals surface area contributed by atoms with E-state index < -0.39 is 10.0 Å². The molecular formula is C22H44N2O3S. The monoisotopic (exact) mass is 416 g/mol.